The molecule has 0 saturated carbocycles. The van der Waals surface area contributed by atoms with Gasteiger partial charge in [0.05, 0.1) is 0 Å². The number of nitrogens with zero attached hydrogens (tertiary/aromatic N) is 1. The first kappa shape index (κ1) is 16.6. The van der Waals surface area contributed by atoms with Gasteiger partial charge < -0.3 is 10.1 Å². The number of nitrogens with one attached hydrogen (secondary N) is 2. The lowest BCUT2D eigenvalue weighted by molar-refractivity contribution is 0.0700. The molecule has 1 aromatic rings. The number of rotatable bonds is 5. The number of aromatic nitrogens is 1. The van der Waals surface area contributed by atoms with E-state index < -0.39 is 5.91 Å². The van der Waals surface area contributed by atoms with Gasteiger partial charge in [-0.25, -0.2) is 5.48 Å². The van der Waals surface area contributed by atoms with Crippen LogP contribution < -0.4 is 10.8 Å². The second kappa shape index (κ2) is 8.03. The second-order valence-electron chi connectivity index (χ2n) is 5.41. The van der Waals surface area contributed by atoms with E-state index in [9.17, 15) is 4.79 Å². The van der Waals surface area contributed by atoms with Gasteiger partial charge in [-0.1, -0.05) is 6.08 Å². The van der Waals surface area contributed by atoms with E-state index in [0.29, 0.717) is 6.04 Å². The van der Waals surface area contributed by atoms with E-state index >= 15 is 0 Å². The molecule has 1 fully saturated rings. The Kier molecular flexibility index (Phi) is 6.06. The molecule has 0 spiro atoms. The summed E-state index contributed by atoms with van der Waals surface area (Å²) in [6.45, 7) is 6.27. The number of hydrogen-bond acceptors (Lipinski definition) is 5. The maximum absolute atomic E-state index is 11.5. The van der Waals surface area contributed by atoms with E-state index in [1.54, 1.807) is 17.7 Å². The zero-order chi connectivity index (χ0) is 15.9. The van der Waals surface area contributed by atoms with Crippen LogP contribution in [0.4, 0.5) is 0 Å². The van der Waals surface area contributed by atoms with E-state index in [1.807, 2.05) is 19.9 Å². The molecule has 6 heteroatoms. The summed E-state index contributed by atoms with van der Waals surface area (Å²) in [7, 11) is 0. The molecule has 0 atom stereocenters. The molecule has 1 saturated heterocycles. The molecule has 1 amide bonds. The van der Waals surface area contributed by atoms with Crippen molar-refractivity contribution in [2.75, 3.05) is 19.8 Å². The number of pyridine rings is 1. The van der Waals surface area contributed by atoms with Gasteiger partial charge in [0, 0.05) is 32.0 Å². The van der Waals surface area contributed by atoms with E-state index in [0.717, 1.165) is 49.3 Å². The highest BCUT2D eigenvalue weighted by Gasteiger charge is 2.15. The molecule has 3 N–H and O–H groups in total. The zero-order valence-corrected chi connectivity index (χ0v) is 13.1. The van der Waals surface area contributed by atoms with Crippen LogP contribution in [0.25, 0.3) is 5.57 Å². The van der Waals surface area contributed by atoms with Gasteiger partial charge in [-0.15, -0.1) is 0 Å². The van der Waals surface area contributed by atoms with Crippen LogP contribution in [0, 0.1) is 6.92 Å². The van der Waals surface area contributed by atoms with Crippen molar-refractivity contribution in [3.63, 3.8) is 0 Å². The number of allylic oxidation sites excluding steroid dienone is 1. The zero-order valence-electron chi connectivity index (χ0n) is 13.1. The third kappa shape index (κ3) is 4.13. The molecule has 120 valence electrons. The van der Waals surface area contributed by atoms with Gasteiger partial charge in [-0.05, 0) is 49.5 Å². The maximum Gasteiger partial charge on any atom is 0.293 e. The predicted molar refractivity (Wildman–Crippen MR) is 83.7 cm³/mol. The third-order valence-corrected chi connectivity index (χ3v) is 3.93. The van der Waals surface area contributed by atoms with E-state index in [-0.39, 0.29) is 5.69 Å². The molecule has 2 rings (SSSR count). The van der Waals surface area contributed by atoms with Crippen LogP contribution in [0.3, 0.4) is 0 Å². The predicted octanol–water partition coefficient (Wildman–Crippen LogP) is 1.68. The van der Waals surface area contributed by atoms with Gasteiger partial charge in [-0.2, -0.15) is 0 Å². The van der Waals surface area contributed by atoms with Gasteiger partial charge in [0.15, 0.2) is 0 Å². The summed E-state index contributed by atoms with van der Waals surface area (Å²) >= 11 is 0. The number of amides is 1. The van der Waals surface area contributed by atoms with Gasteiger partial charge in [0.2, 0.25) is 0 Å². The van der Waals surface area contributed by atoms with Gasteiger partial charge in [0.1, 0.15) is 5.69 Å². The molecule has 22 heavy (non-hydrogen) atoms. The van der Waals surface area contributed by atoms with Gasteiger partial charge in [0.25, 0.3) is 5.91 Å². The normalized spacial score (nSPS) is 16.6. The van der Waals surface area contributed by atoms with E-state index in [2.05, 4.69) is 10.3 Å². The van der Waals surface area contributed by atoms with Crippen molar-refractivity contribution in [2.24, 2.45) is 0 Å². The van der Waals surface area contributed by atoms with E-state index in [4.69, 9.17) is 9.94 Å². The summed E-state index contributed by atoms with van der Waals surface area (Å²) in [6, 6.07) is 2.17. The van der Waals surface area contributed by atoms with Crippen molar-refractivity contribution in [3.8, 4) is 0 Å². The molecular formula is C16H23N3O3. The summed E-state index contributed by atoms with van der Waals surface area (Å²) in [5.74, 6) is -0.603. The van der Waals surface area contributed by atoms with Crippen molar-refractivity contribution in [3.05, 3.63) is 35.2 Å². The van der Waals surface area contributed by atoms with Crippen LogP contribution in [-0.2, 0) is 4.74 Å². The maximum atomic E-state index is 11.5. The van der Waals surface area contributed by atoms with E-state index in [1.165, 1.54) is 0 Å². The lowest BCUT2D eigenvalue weighted by Crippen LogP contribution is -2.35. The Bertz CT molecular complexity index is 552. The fourth-order valence-electron chi connectivity index (χ4n) is 2.56. The fourth-order valence-corrected chi connectivity index (χ4v) is 2.56. The number of hydroxylamine groups is 1. The summed E-state index contributed by atoms with van der Waals surface area (Å²) < 4.78 is 5.36. The van der Waals surface area contributed by atoms with Crippen LogP contribution in [0.1, 0.15) is 41.4 Å². The van der Waals surface area contributed by atoms with Gasteiger partial charge >= 0.3 is 0 Å². The molecule has 6 nitrogen and oxygen atoms in total. The Hall–Kier alpha value is -1.76. The first-order valence-corrected chi connectivity index (χ1v) is 7.53. The molecule has 0 aliphatic carbocycles. The average molecular weight is 305 g/mol. The standard InChI is InChI=1S/C16H23N3O3/c1-3-12(10-17-13-4-6-22-7-5-13)14-8-15(16(20)19-21)18-9-11(14)2/h3,8-9,13,17,21H,4-7,10H2,1-2H3,(H,19,20)/b12-3-. The first-order valence-electron chi connectivity index (χ1n) is 7.53. The minimum Gasteiger partial charge on any atom is -0.381 e. The SMILES string of the molecule is C/C=C(/CNC1CCOCC1)c1cc(C(=O)NO)ncc1C. The third-order valence-electron chi connectivity index (χ3n) is 3.93. The molecule has 1 aliphatic heterocycles. The minimum atomic E-state index is -0.603. The fraction of sp³-hybridized carbons (Fsp3) is 0.500. The van der Waals surface area contributed by atoms with Crippen LogP contribution in [0.15, 0.2) is 18.3 Å². The molecule has 0 bridgehead atoms. The number of hydrogen-bond donors (Lipinski definition) is 3. The Morgan fingerprint density at radius 3 is 2.86 bits per heavy atom. The van der Waals surface area contributed by atoms with Crippen molar-refractivity contribution in [2.45, 2.75) is 32.7 Å². The Balaban J connectivity index is 2.11. The lowest BCUT2D eigenvalue weighted by atomic mass is 10.00. The second-order valence-corrected chi connectivity index (χ2v) is 5.41. The summed E-state index contributed by atoms with van der Waals surface area (Å²) in [5, 5.41) is 12.3. The smallest absolute Gasteiger partial charge is 0.293 e. The van der Waals surface area contributed by atoms with Crippen LogP contribution in [-0.4, -0.2) is 41.9 Å². The Morgan fingerprint density at radius 1 is 1.50 bits per heavy atom. The van der Waals surface area contributed by atoms with Crippen molar-refractivity contribution in [1.82, 2.24) is 15.8 Å². The van der Waals surface area contributed by atoms with Crippen molar-refractivity contribution in [1.29, 1.82) is 0 Å². The largest absolute Gasteiger partial charge is 0.381 e. The number of ether oxygens (including phenoxy) is 1. The van der Waals surface area contributed by atoms with Crippen LogP contribution in [0.5, 0.6) is 0 Å². The van der Waals surface area contributed by atoms with Gasteiger partial charge in [-0.3, -0.25) is 15.0 Å². The quantitative estimate of drug-likeness (QED) is 0.569. The monoisotopic (exact) mass is 305 g/mol. The molecular weight excluding hydrogens is 282 g/mol. The minimum absolute atomic E-state index is 0.202. The first-order chi connectivity index (χ1) is 10.7. The molecule has 2 heterocycles. The van der Waals surface area contributed by atoms with Crippen LogP contribution in [0.2, 0.25) is 0 Å². The lowest BCUT2D eigenvalue weighted by Gasteiger charge is -2.24. The molecule has 0 aromatic carbocycles. The summed E-state index contributed by atoms with van der Waals surface area (Å²) in [5.41, 5.74) is 4.89. The Labute approximate surface area is 130 Å². The highest BCUT2D eigenvalue weighted by Crippen LogP contribution is 2.19. The average Bonchev–Trinajstić information content (AvgIpc) is 2.57. The summed E-state index contributed by atoms with van der Waals surface area (Å²) in [4.78, 5) is 15.6. The molecule has 0 unspecified atom stereocenters. The number of aryl methyl sites for hydroxylation is 1. The molecule has 0 radical (unpaired) electrons. The number of carbonyl (C=O) groups is 1. The highest BCUT2D eigenvalue weighted by atomic mass is 16.5. The Morgan fingerprint density at radius 2 is 2.23 bits per heavy atom. The molecule has 1 aliphatic rings. The number of carbonyl (C=O) groups excluding carboxylic acids is 1. The topological polar surface area (TPSA) is 83.5 Å². The van der Waals surface area contributed by atoms with Crippen molar-refractivity contribution >= 4 is 11.5 Å². The highest BCUT2D eigenvalue weighted by molar-refractivity contribution is 5.92. The van der Waals surface area contributed by atoms with Crippen molar-refractivity contribution < 1.29 is 14.7 Å². The summed E-state index contributed by atoms with van der Waals surface area (Å²) in [6.07, 6.45) is 5.72. The molecule has 1 aromatic heterocycles. The van der Waals surface area contributed by atoms with Crippen LogP contribution >= 0.6 is 0 Å².